The molecule has 4 rings (SSSR count). The Morgan fingerprint density at radius 1 is 1.29 bits per heavy atom. The minimum absolute atomic E-state index is 0.0547. The molecule has 0 unspecified atom stereocenters. The van der Waals surface area contributed by atoms with Crippen molar-refractivity contribution < 1.29 is 4.79 Å². The number of amides is 1. The number of nitrogens with zero attached hydrogens (tertiary/aromatic N) is 4. The number of para-hydroxylation sites is 1. The van der Waals surface area contributed by atoms with Gasteiger partial charge < -0.3 is 0 Å². The first-order chi connectivity index (χ1) is 13.6. The topological polar surface area (TPSA) is 98.0 Å². The molecule has 3 aromatic rings. The Hall–Kier alpha value is -2.78. The Morgan fingerprint density at radius 2 is 2.04 bits per heavy atom. The van der Waals surface area contributed by atoms with Crippen LogP contribution in [0.2, 0.25) is 0 Å². The van der Waals surface area contributed by atoms with E-state index in [1.165, 1.54) is 11.3 Å². The third kappa shape index (κ3) is 4.05. The van der Waals surface area contributed by atoms with Crippen LogP contribution in [0, 0.1) is 0 Å². The van der Waals surface area contributed by atoms with Crippen LogP contribution in [-0.4, -0.2) is 44.1 Å². The lowest BCUT2D eigenvalue weighted by molar-refractivity contribution is -0.115. The third-order valence-corrected chi connectivity index (χ3v) is 5.81. The van der Waals surface area contributed by atoms with Crippen LogP contribution < -0.4 is 10.6 Å². The molecule has 3 heterocycles. The van der Waals surface area contributed by atoms with Gasteiger partial charge in [-0.05, 0) is 38.1 Å². The highest BCUT2D eigenvalue weighted by atomic mass is 32.1. The van der Waals surface area contributed by atoms with Crippen molar-refractivity contribution in [1.82, 2.24) is 25.1 Å². The summed E-state index contributed by atoms with van der Waals surface area (Å²) in [6, 6.07) is 9.57. The molecule has 9 heteroatoms. The summed E-state index contributed by atoms with van der Waals surface area (Å²) >= 11 is 1.48. The van der Waals surface area contributed by atoms with Crippen molar-refractivity contribution in [2.45, 2.75) is 32.2 Å². The van der Waals surface area contributed by atoms with E-state index in [0.29, 0.717) is 5.13 Å². The molecule has 2 aromatic heterocycles. The number of hydrogen-bond acceptors (Lipinski definition) is 6. The van der Waals surface area contributed by atoms with Gasteiger partial charge in [0.15, 0.2) is 5.13 Å². The Balaban J connectivity index is 1.40. The van der Waals surface area contributed by atoms with Gasteiger partial charge in [-0.25, -0.2) is 14.9 Å². The number of H-pyrrole nitrogens is 2. The van der Waals surface area contributed by atoms with Crippen molar-refractivity contribution in [3.8, 4) is 0 Å². The molecule has 0 atom stereocenters. The number of rotatable bonds is 5. The lowest BCUT2D eigenvalue weighted by Crippen LogP contribution is -2.33. The minimum Gasteiger partial charge on any atom is -0.297 e. The van der Waals surface area contributed by atoms with Crippen molar-refractivity contribution >= 4 is 28.1 Å². The average molecular weight is 398 g/mol. The summed E-state index contributed by atoms with van der Waals surface area (Å²) in [6.07, 6.45) is 1.89. The van der Waals surface area contributed by atoms with Crippen molar-refractivity contribution in [3.05, 3.63) is 57.7 Å². The second kappa shape index (κ2) is 8.07. The summed E-state index contributed by atoms with van der Waals surface area (Å²) in [6.45, 7) is 4.14. The van der Waals surface area contributed by atoms with Gasteiger partial charge in [-0.2, -0.15) is 5.10 Å². The maximum atomic E-state index is 12.2. The molecule has 146 valence electrons. The van der Waals surface area contributed by atoms with E-state index in [1.807, 2.05) is 35.7 Å². The Bertz CT molecular complexity index is 987. The van der Waals surface area contributed by atoms with E-state index in [1.54, 1.807) is 11.8 Å². The predicted molar refractivity (Wildman–Crippen MR) is 108 cm³/mol. The summed E-state index contributed by atoms with van der Waals surface area (Å²) in [4.78, 5) is 34.9. The lowest BCUT2D eigenvalue weighted by atomic mass is 9.96. The third-order valence-electron chi connectivity index (χ3n) is 4.94. The van der Waals surface area contributed by atoms with Crippen molar-refractivity contribution in [2.24, 2.45) is 0 Å². The van der Waals surface area contributed by atoms with E-state index in [0.717, 1.165) is 49.7 Å². The smallest absolute Gasteiger partial charge is 0.297 e. The molecule has 1 fully saturated rings. The number of carbonyl (C=O) groups is 1. The minimum atomic E-state index is -0.249. The number of carbonyl (C=O) groups excluding carboxylic acids is 1. The molecule has 0 spiro atoms. The summed E-state index contributed by atoms with van der Waals surface area (Å²) in [5, 5.41) is 9.21. The molecule has 0 saturated carbocycles. The predicted octanol–water partition coefficient (Wildman–Crippen LogP) is 2.62. The summed E-state index contributed by atoms with van der Waals surface area (Å²) in [5.41, 5.74) is 1.54. The van der Waals surface area contributed by atoms with Crippen molar-refractivity contribution in [1.29, 1.82) is 0 Å². The van der Waals surface area contributed by atoms with Gasteiger partial charge in [-0.15, -0.1) is 11.3 Å². The molecule has 0 radical (unpaired) electrons. The second-order valence-corrected chi connectivity index (χ2v) is 7.76. The molecule has 1 aliphatic heterocycles. The number of likely N-dealkylation sites (tertiary alicyclic amines) is 1. The number of thiazole rings is 1. The number of piperidine rings is 1. The van der Waals surface area contributed by atoms with E-state index in [4.69, 9.17) is 4.98 Å². The summed E-state index contributed by atoms with van der Waals surface area (Å²) < 4.78 is 0. The van der Waals surface area contributed by atoms with E-state index in [-0.39, 0.29) is 17.5 Å². The fourth-order valence-electron chi connectivity index (χ4n) is 3.55. The van der Waals surface area contributed by atoms with Gasteiger partial charge in [-0.1, -0.05) is 18.2 Å². The summed E-state index contributed by atoms with van der Waals surface area (Å²) in [5.74, 6) is 0.981. The number of anilines is 2. The number of aromatic nitrogens is 4. The number of nitrogens with one attached hydrogen (secondary N) is 2. The van der Waals surface area contributed by atoms with Crippen molar-refractivity contribution in [2.75, 3.05) is 18.0 Å². The highest BCUT2D eigenvalue weighted by Crippen LogP contribution is 2.30. The molecule has 1 amide bonds. The molecular formula is C19H22N6O2S. The molecule has 1 aliphatic rings. The Morgan fingerprint density at radius 3 is 2.68 bits per heavy atom. The lowest BCUT2D eigenvalue weighted by Gasteiger charge is -2.30. The van der Waals surface area contributed by atoms with Crippen LogP contribution in [0.1, 0.15) is 37.2 Å². The maximum absolute atomic E-state index is 12.2. The first-order valence-electron chi connectivity index (χ1n) is 9.27. The zero-order chi connectivity index (χ0) is 19.5. The van der Waals surface area contributed by atoms with Gasteiger partial charge in [0.05, 0.1) is 11.4 Å². The molecule has 0 aliphatic carbocycles. The zero-order valence-corrected chi connectivity index (χ0v) is 16.4. The van der Waals surface area contributed by atoms with Crippen LogP contribution in [0.5, 0.6) is 0 Å². The van der Waals surface area contributed by atoms with Crippen molar-refractivity contribution in [3.63, 3.8) is 0 Å². The molecular weight excluding hydrogens is 376 g/mol. The van der Waals surface area contributed by atoms with E-state index in [2.05, 4.69) is 20.1 Å². The van der Waals surface area contributed by atoms with Gasteiger partial charge in [-0.3, -0.25) is 19.6 Å². The monoisotopic (exact) mass is 398 g/mol. The van der Waals surface area contributed by atoms with Gasteiger partial charge in [0.25, 0.3) is 0 Å². The average Bonchev–Trinajstić information content (AvgIpc) is 3.32. The van der Waals surface area contributed by atoms with Gasteiger partial charge >= 0.3 is 5.69 Å². The molecule has 2 N–H and O–H groups in total. The molecule has 8 nitrogen and oxygen atoms in total. The zero-order valence-electron chi connectivity index (χ0n) is 15.6. The molecule has 1 aromatic carbocycles. The van der Waals surface area contributed by atoms with Crippen LogP contribution in [-0.2, 0) is 11.3 Å². The van der Waals surface area contributed by atoms with E-state index >= 15 is 0 Å². The van der Waals surface area contributed by atoms with Gasteiger partial charge in [0.2, 0.25) is 5.91 Å². The number of aromatic amines is 2. The van der Waals surface area contributed by atoms with E-state index < -0.39 is 0 Å². The molecule has 0 bridgehead atoms. The number of hydrogen-bond donors (Lipinski definition) is 2. The Kier molecular flexibility index (Phi) is 5.36. The van der Waals surface area contributed by atoms with E-state index in [9.17, 15) is 9.59 Å². The highest BCUT2D eigenvalue weighted by molar-refractivity contribution is 7.14. The number of benzene rings is 1. The Labute approximate surface area is 166 Å². The molecule has 28 heavy (non-hydrogen) atoms. The standard InChI is InChI=1S/C19H22N6O2S/c1-13(26)25(16-5-3-2-4-6-16)19-20-15(12-28-19)11-24-9-7-14(8-10-24)17-21-18(27)23-22-17/h2-6,12,14H,7-11H2,1H3,(H2,21,22,23,27). The van der Waals surface area contributed by atoms with Crippen LogP contribution in [0.3, 0.4) is 0 Å². The normalized spacial score (nSPS) is 15.6. The van der Waals surface area contributed by atoms with Gasteiger partial charge in [0, 0.05) is 24.8 Å². The van der Waals surface area contributed by atoms with Crippen LogP contribution in [0.15, 0.2) is 40.5 Å². The molecule has 1 saturated heterocycles. The second-order valence-electron chi connectivity index (χ2n) is 6.92. The summed E-state index contributed by atoms with van der Waals surface area (Å²) in [7, 11) is 0. The SMILES string of the molecule is CC(=O)N(c1ccccc1)c1nc(CN2CCC(c3n[nH]c(=O)[nH]3)CC2)cs1. The van der Waals surface area contributed by atoms with Crippen LogP contribution >= 0.6 is 11.3 Å². The van der Waals surface area contributed by atoms with Gasteiger partial charge in [0.1, 0.15) is 5.82 Å². The quantitative estimate of drug-likeness (QED) is 0.688. The van der Waals surface area contributed by atoms with Crippen LogP contribution in [0.25, 0.3) is 0 Å². The fourth-order valence-corrected chi connectivity index (χ4v) is 4.42. The van der Waals surface area contributed by atoms with Crippen LogP contribution in [0.4, 0.5) is 10.8 Å². The maximum Gasteiger partial charge on any atom is 0.340 e. The highest BCUT2D eigenvalue weighted by Gasteiger charge is 2.24. The largest absolute Gasteiger partial charge is 0.340 e. The first-order valence-corrected chi connectivity index (χ1v) is 10.1. The first kappa shape index (κ1) is 18.6. The fraction of sp³-hybridized carbons (Fsp3) is 0.368.